The van der Waals surface area contributed by atoms with Crippen LogP contribution in [0.2, 0.25) is 10.0 Å². The van der Waals surface area contributed by atoms with Crippen molar-refractivity contribution in [2.75, 3.05) is 7.05 Å². The summed E-state index contributed by atoms with van der Waals surface area (Å²) in [6.07, 6.45) is 0. The summed E-state index contributed by atoms with van der Waals surface area (Å²) in [7, 11) is 1.63. The van der Waals surface area contributed by atoms with Gasteiger partial charge in [0.15, 0.2) is 0 Å². The second-order valence-electron chi connectivity index (χ2n) is 4.95. The molecule has 0 aliphatic carbocycles. The van der Waals surface area contributed by atoms with Crippen LogP contribution in [0.25, 0.3) is 0 Å². The SMILES string of the molecule is CC(C)C(C)N(C)C(=O)c1cc([N+](=O)[O-])cc(Cl)c1Cl. The molecule has 1 amide bonds. The molecule has 0 aromatic heterocycles. The number of benzene rings is 1. The summed E-state index contributed by atoms with van der Waals surface area (Å²) in [6.45, 7) is 5.86. The van der Waals surface area contributed by atoms with Gasteiger partial charge in [0.2, 0.25) is 0 Å². The van der Waals surface area contributed by atoms with Gasteiger partial charge >= 0.3 is 0 Å². The minimum absolute atomic E-state index is 0.00480. The van der Waals surface area contributed by atoms with E-state index < -0.39 is 4.92 Å². The van der Waals surface area contributed by atoms with Crippen molar-refractivity contribution in [3.05, 3.63) is 37.9 Å². The molecule has 7 heteroatoms. The first-order valence-electron chi connectivity index (χ1n) is 6.07. The molecule has 0 aliphatic rings. The first kappa shape index (κ1) is 16.7. The molecule has 0 aliphatic heterocycles. The Hall–Kier alpha value is -1.33. The zero-order valence-corrected chi connectivity index (χ0v) is 13.2. The topological polar surface area (TPSA) is 63.5 Å². The first-order valence-corrected chi connectivity index (χ1v) is 6.83. The van der Waals surface area contributed by atoms with Crippen molar-refractivity contribution in [2.45, 2.75) is 26.8 Å². The van der Waals surface area contributed by atoms with E-state index in [0.717, 1.165) is 12.1 Å². The third-order valence-electron chi connectivity index (χ3n) is 3.35. The number of rotatable bonds is 4. The van der Waals surface area contributed by atoms with Crippen LogP contribution in [0.1, 0.15) is 31.1 Å². The molecule has 5 nitrogen and oxygen atoms in total. The molecule has 0 heterocycles. The van der Waals surface area contributed by atoms with Gasteiger partial charge in [-0.15, -0.1) is 0 Å². The Kier molecular flexibility index (Phi) is 5.36. The average Bonchev–Trinajstić information content (AvgIpc) is 2.38. The maximum absolute atomic E-state index is 12.4. The van der Waals surface area contributed by atoms with E-state index in [1.807, 2.05) is 20.8 Å². The van der Waals surface area contributed by atoms with E-state index in [1.54, 1.807) is 7.05 Å². The molecule has 0 spiro atoms. The lowest BCUT2D eigenvalue weighted by atomic mass is 10.0. The average molecular weight is 319 g/mol. The van der Waals surface area contributed by atoms with Crippen LogP contribution in [0.4, 0.5) is 5.69 Å². The highest BCUT2D eigenvalue weighted by atomic mass is 35.5. The van der Waals surface area contributed by atoms with Crippen LogP contribution in [-0.4, -0.2) is 28.8 Å². The number of non-ortho nitro benzene ring substituents is 1. The molecule has 0 fully saturated rings. The summed E-state index contributed by atoms with van der Waals surface area (Å²) in [5, 5.41) is 10.9. The van der Waals surface area contributed by atoms with Gasteiger partial charge in [0.05, 0.1) is 20.5 Å². The maximum atomic E-state index is 12.4. The van der Waals surface area contributed by atoms with E-state index in [1.165, 1.54) is 4.90 Å². The van der Waals surface area contributed by atoms with E-state index in [2.05, 4.69) is 0 Å². The molecular weight excluding hydrogens is 303 g/mol. The van der Waals surface area contributed by atoms with Crippen LogP contribution in [0.5, 0.6) is 0 Å². The minimum atomic E-state index is -0.606. The molecule has 0 N–H and O–H groups in total. The van der Waals surface area contributed by atoms with Crippen molar-refractivity contribution in [1.29, 1.82) is 0 Å². The fourth-order valence-electron chi connectivity index (χ4n) is 1.66. The molecule has 1 rings (SSSR count). The smallest absolute Gasteiger partial charge is 0.271 e. The van der Waals surface area contributed by atoms with Gasteiger partial charge in [-0.3, -0.25) is 14.9 Å². The van der Waals surface area contributed by atoms with Crippen LogP contribution in [-0.2, 0) is 0 Å². The van der Waals surface area contributed by atoms with Crippen LogP contribution in [0, 0.1) is 16.0 Å². The van der Waals surface area contributed by atoms with Crippen molar-refractivity contribution in [3.63, 3.8) is 0 Å². The number of nitrogens with zero attached hydrogens (tertiary/aromatic N) is 2. The van der Waals surface area contributed by atoms with Crippen molar-refractivity contribution >= 4 is 34.8 Å². The zero-order valence-electron chi connectivity index (χ0n) is 11.7. The summed E-state index contributed by atoms with van der Waals surface area (Å²) in [5.41, 5.74) is -0.214. The molecule has 0 saturated carbocycles. The highest BCUT2D eigenvalue weighted by molar-refractivity contribution is 6.44. The Labute approximate surface area is 127 Å². The highest BCUT2D eigenvalue weighted by Gasteiger charge is 2.25. The van der Waals surface area contributed by atoms with Gasteiger partial charge in [0.25, 0.3) is 11.6 Å². The van der Waals surface area contributed by atoms with Gasteiger partial charge in [-0.2, -0.15) is 0 Å². The van der Waals surface area contributed by atoms with Crippen LogP contribution >= 0.6 is 23.2 Å². The Balaban J connectivity index is 3.25. The fraction of sp³-hybridized carbons (Fsp3) is 0.462. The van der Waals surface area contributed by atoms with Crippen molar-refractivity contribution in [2.24, 2.45) is 5.92 Å². The fourth-order valence-corrected chi connectivity index (χ4v) is 2.06. The van der Waals surface area contributed by atoms with Gasteiger partial charge in [0, 0.05) is 25.2 Å². The molecule has 1 aromatic carbocycles. The maximum Gasteiger partial charge on any atom is 0.271 e. The number of carbonyl (C=O) groups is 1. The van der Waals surface area contributed by atoms with Gasteiger partial charge in [-0.25, -0.2) is 0 Å². The normalized spacial score (nSPS) is 12.3. The summed E-state index contributed by atoms with van der Waals surface area (Å²) < 4.78 is 0. The minimum Gasteiger partial charge on any atom is -0.339 e. The predicted octanol–water partition coefficient (Wildman–Crippen LogP) is 4.02. The lowest BCUT2D eigenvalue weighted by Crippen LogP contribution is -2.38. The molecule has 1 aromatic rings. The van der Waals surface area contributed by atoms with Gasteiger partial charge in [0.1, 0.15) is 0 Å². The summed E-state index contributed by atoms with van der Waals surface area (Å²) in [5.74, 6) is -0.140. The second-order valence-corrected chi connectivity index (χ2v) is 5.73. The van der Waals surface area contributed by atoms with E-state index in [-0.39, 0.29) is 39.2 Å². The number of carbonyl (C=O) groups excluding carboxylic acids is 1. The largest absolute Gasteiger partial charge is 0.339 e. The number of halogens is 2. The van der Waals surface area contributed by atoms with Gasteiger partial charge in [-0.1, -0.05) is 37.0 Å². The second kappa shape index (κ2) is 6.41. The zero-order chi connectivity index (χ0) is 15.6. The predicted molar refractivity (Wildman–Crippen MR) is 79.5 cm³/mol. The Bertz CT molecular complexity index is 547. The Morgan fingerprint density at radius 3 is 2.30 bits per heavy atom. The third-order valence-corrected chi connectivity index (χ3v) is 4.15. The molecule has 0 bridgehead atoms. The number of amides is 1. The van der Waals surface area contributed by atoms with Gasteiger partial charge < -0.3 is 4.90 Å². The first-order chi connectivity index (χ1) is 9.16. The summed E-state index contributed by atoms with van der Waals surface area (Å²) in [6, 6.07) is 2.25. The van der Waals surface area contributed by atoms with Crippen LogP contribution in [0.15, 0.2) is 12.1 Å². The molecule has 1 atom stereocenters. The highest BCUT2D eigenvalue weighted by Crippen LogP contribution is 2.32. The molecule has 110 valence electrons. The van der Waals surface area contributed by atoms with Crippen LogP contribution < -0.4 is 0 Å². The summed E-state index contributed by atoms with van der Waals surface area (Å²) >= 11 is 11.8. The summed E-state index contributed by atoms with van der Waals surface area (Å²) in [4.78, 5) is 24.1. The van der Waals surface area contributed by atoms with E-state index in [0.29, 0.717) is 0 Å². The number of hydrogen-bond acceptors (Lipinski definition) is 3. The third kappa shape index (κ3) is 3.41. The molecule has 0 saturated heterocycles. The number of nitro benzene ring substituents is 1. The molecule has 1 unspecified atom stereocenters. The molecule has 20 heavy (non-hydrogen) atoms. The Morgan fingerprint density at radius 1 is 1.30 bits per heavy atom. The lowest BCUT2D eigenvalue weighted by molar-refractivity contribution is -0.384. The standard InChI is InChI=1S/C13H16Cl2N2O3/c1-7(2)8(3)16(4)13(18)10-5-9(17(19)20)6-11(14)12(10)15/h5-8H,1-4H3. The number of hydrogen-bond donors (Lipinski definition) is 0. The quantitative estimate of drug-likeness (QED) is 0.622. The van der Waals surface area contributed by atoms with Crippen LogP contribution in [0.3, 0.4) is 0 Å². The van der Waals surface area contributed by atoms with E-state index in [4.69, 9.17) is 23.2 Å². The van der Waals surface area contributed by atoms with E-state index >= 15 is 0 Å². The van der Waals surface area contributed by atoms with Crippen molar-refractivity contribution < 1.29 is 9.72 Å². The van der Waals surface area contributed by atoms with E-state index in [9.17, 15) is 14.9 Å². The lowest BCUT2D eigenvalue weighted by Gasteiger charge is -2.28. The number of nitro groups is 1. The molecule has 0 radical (unpaired) electrons. The van der Waals surface area contributed by atoms with Gasteiger partial charge in [-0.05, 0) is 12.8 Å². The molecular formula is C13H16Cl2N2O3. The Morgan fingerprint density at radius 2 is 1.85 bits per heavy atom. The monoisotopic (exact) mass is 318 g/mol. The van der Waals surface area contributed by atoms with Crippen molar-refractivity contribution in [3.8, 4) is 0 Å². The van der Waals surface area contributed by atoms with Crippen molar-refractivity contribution in [1.82, 2.24) is 4.90 Å².